The van der Waals surface area contributed by atoms with Crippen molar-refractivity contribution in [2.75, 3.05) is 26.3 Å². The average molecular weight is 377 g/mol. The molecule has 1 rings (SSSR count). The number of halogens is 2. The third kappa shape index (κ3) is 7.27. The summed E-state index contributed by atoms with van der Waals surface area (Å²) in [5.41, 5.74) is 0. The molecule has 0 unspecified atom stereocenters. The van der Waals surface area contributed by atoms with Gasteiger partial charge in [-0.25, -0.2) is 0 Å². The number of carbonyl (C=O) groups is 2. The van der Waals surface area contributed by atoms with Gasteiger partial charge in [0.2, 0.25) is 0 Å². The molecule has 0 aliphatic rings. The van der Waals surface area contributed by atoms with Crippen LogP contribution in [0.4, 0.5) is 0 Å². The Morgan fingerprint density at radius 1 is 0.875 bits per heavy atom. The summed E-state index contributed by atoms with van der Waals surface area (Å²) in [6, 6.07) is 2.91. The molecule has 134 valence electrons. The van der Waals surface area contributed by atoms with Gasteiger partial charge in [-0.3, -0.25) is 9.59 Å². The quantitative estimate of drug-likeness (QED) is 0.658. The second kappa shape index (κ2) is 11.0. The first kappa shape index (κ1) is 20.4. The molecule has 0 bridgehead atoms. The van der Waals surface area contributed by atoms with Crippen molar-refractivity contribution in [1.29, 1.82) is 0 Å². The number of benzene rings is 1. The zero-order valence-electron chi connectivity index (χ0n) is 13.8. The third-order valence-electron chi connectivity index (χ3n) is 2.85. The van der Waals surface area contributed by atoms with E-state index in [1.54, 1.807) is 0 Å². The molecule has 0 spiro atoms. The highest BCUT2D eigenvalue weighted by molar-refractivity contribution is 6.36. The predicted molar refractivity (Wildman–Crippen MR) is 94.1 cm³/mol. The smallest absolute Gasteiger partial charge is 0.257 e. The maximum atomic E-state index is 11.6. The van der Waals surface area contributed by atoms with Gasteiger partial charge in [-0.05, 0) is 18.9 Å². The molecule has 0 saturated heterocycles. The van der Waals surface area contributed by atoms with Gasteiger partial charge >= 0.3 is 0 Å². The van der Waals surface area contributed by atoms with E-state index in [9.17, 15) is 9.59 Å². The fraction of sp³-hybridized carbons (Fsp3) is 0.500. The van der Waals surface area contributed by atoms with E-state index >= 15 is 0 Å². The Labute approximate surface area is 151 Å². The molecule has 1 aromatic carbocycles. The summed E-state index contributed by atoms with van der Waals surface area (Å²) in [4.78, 5) is 23.1. The number of rotatable bonds is 10. The van der Waals surface area contributed by atoms with E-state index < -0.39 is 0 Å². The van der Waals surface area contributed by atoms with Crippen LogP contribution in [0.2, 0.25) is 10.0 Å². The normalized spacial score (nSPS) is 10.2. The minimum absolute atomic E-state index is 0.169. The van der Waals surface area contributed by atoms with Crippen molar-refractivity contribution in [3.63, 3.8) is 0 Å². The molecule has 2 amide bonds. The number of amides is 2. The Balaban J connectivity index is 2.64. The van der Waals surface area contributed by atoms with Crippen molar-refractivity contribution in [2.45, 2.75) is 26.7 Å². The van der Waals surface area contributed by atoms with E-state index in [0.29, 0.717) is 13.1 Å². The average Bonchev–Trinajstić information content (AvgIpc) is 2.56. The van der Waals surface area contributed by atoms with Crippen molar-refractivity contribution < 1.29 is 19.1 Å². The SMILES string of the molecule is CCCNC(=O)COc1cc(OCC(=O)NCCC)c(Cl)cc1Cl. The fourth-order valence-corrected chi connectivity index (χ4v) is 2.14. The standard InChI is InChI=1S/C16H22Cl2N2O4/c1-3-5-19-15(21)9-23-13-8-14(12(18)7-11(13)17)24-10-16(22)20-6-4-2/h7-8H,3-6,9-10H2,1-2H3,(H,19,21)(H,20,22). The third-order valence-corrected chi connectivity index (χ3v) is 3.44. The van der Waals surface area contributed by atoms with Crippen LogP contribution in [0, 0.1) is 0 Å². The molecular formula is C16H22Cl2N2O4. The molecule has 0 saturated carbocycles. The highest BCUT2D eigenvalue weighted by Gasteiger charge is 2.12. The van der Waals surface area contributed by atoms with Gasteiger partial charge in [0.25, 0.3) is 11.8 Å². The second-order valence-corrected chi connectivity index (χ2v) is 5.80. The van der Waals surface area contributed by atoms with Gasteiger partial charge in [0.1, 0.15) is 11.5 Å². The molecule has 1 aromatic rings. The van der Waals surface area contributed by atoms with Gasteiger partial charge < -0.3 is 20.1 Å². The minimum Gasteiger partial charge on any atom is -0.482 e. The lowest BCUT2D eigenvalue weighted by Crippen LogP contribution is -2.29. The lowest BCUT2D eigenvalue weighted by Gasteiger charge is -2.13. The lowest BCUT2D eigenvalue weighted by molar-refractivity contribution is -0.123. The summed E-state index contributed by atoms with van der Waals surface area (Å²) < 4.78 is 10.8. The Morgan fingerprint density at radius 3 is 1.67 bits per heavy atom. The van der Waals surface area contributed by atoms with Gasteiger partial charge in [-0.2, -0.15) is 0 Å². The summed E-state index contributed by atoms with van der Waals surface area (Å²) in [5, 5.41) is 5.89. The fourth-order valence-electron chi connectivity index (χ4n) is 1.65. The van der Waals surface area contributed by atoms with Crippen molar-refractivity contribution in [3.05, 3.63) is 22.2 Å². The van der Waals surface area contributed by atoms with E-state index in [-0.39, 0.29) is 46.6 Å². The van der Waals surface area contributed by atoms with Crippen molar-refractivity contribution >= 4 is 35.0 Å². The van der Waals surface area contributed by atoms with E-state index in [0.717, 1.165) is 12.8 Å². The van der Waals surface area contributed by atoms with Gasteiger partial charge in [0.05, 0.1) is 10.0 Å². The Morgan fingerprint density at radius 2 is 1.29 bits per heavy atom. The van der Waals surface area contributed by atoms with Gasteiger partial charge in [-0.1, -0.05) is 37.0 Å². The molecule has 6 nitrogen and oxygen atoms in total. The van der Waals surface area contributed by atoms with E-state index in [1.165, 1.54) is 12.1 Å². The monoisotopic (exact) mass is 376 g/mol. The van der Waals surface area contributed by atoms with Gasteiger partial charge in [-0.15, -0.1) is 0 Å². The Hall–Kier alpha value is -1.66. The summed E-state index contributed by atoms with van der Waals surface area (Å²) in [6.07, 6.45) is 1.68. The molecule has 0 fully saturated rings. The molecule has 24 heavy (non-hydrogen) atoms. The minimum atomic E-state index is -0.246. The van der Waals surface area contributed by atoms with Crippen LogP contribution in [0.15, 0.2) is 12.1 Å². The number of nitrogens with one attached hydrogen (secondary N) is 2. The van der Waals surface area contributed by atoms with E-state index in [1.807, 2.05) is 13.8 Å². The predicted octanol–water partition coefficient (Wildman–Crippen LogP) is 2.80. The van der Waals surface area contributed by atoms with Crippen LogP contribution in [0.25, 0.3) is 0 Å². The summed E-state index contributed by atoms with van der Waals surface area (Å²) in [5.74, 6) is 0.0296. The molecule has 0 atom stereocenters. The Kier molecular flexibility index (Phi) is 9.34. The van der Waals surface area contributed by atoms with Crippen LogP contribution in [-0.4, -0.2) is 38.1 Å². The highest BCUT2D eigenvalue weighted by atomic mass is 35.5. The van der Waals surface area contributed by atoms with Crippen LogP contribution in [0.5, 0.6) is 11.5 Å². The number of ether oxygens (including phenoxy) is 2. The molecule has 0 aliphatic heterocycles. The van der Waals surface area contributed by atoms with E-state index in [4.69, 9.17) is 32.7 Å². The van der Waals surface area contributed by atoms with Crippen LogP contribution < -0.4 is 20.1 Å². The van der Waals surface area contributed by atoms with Crippen LogP contribution >= 0.6 is 23.2 Å². The molecule has 0 aromatic heterocycles. The van der Waals surface area contributed by atoms with Crippen LogP contribution in [0.3, 0.4) is 0 Å². The van der Waals surface area contributed by atoms with E-state index in [2.05, 4.69) is 10.6 Å². The van der Waals surface area contributed by atoms with Crippen molar-refractivity contribution in [2.24, 2.45) is 0 Å². The first-order valence-corrected chi connectivity index (χ1v) is 8.51. The highest BCUT2D eigenvalue weighted by Crippen LogP contribution is 2.35. The largest absolute Gasteiger partial charge is 0.482 e. The van der Waals surface area contributed by atoms with Gasteiger partial charge in [0.15, 0.2) is 13.2 Å². The Bertz CT molecular complexity index is 522. The first-order chi connectivity index (χ1) is 11.5. The summed E-state index contributed by atoms with van der Waals surface area (Å²) in [6.45, 7) is 4.74. The lowest BCUT2D eigenvalue weighted by atomic mass is 10.3. The van der Waals surface area contributed by atoms with Crippen LogP contribution in [0.1, 0.15) is 26.7 Å². The first-order valence-electron chi connectivity index (χ1n) is 7.75. The maximum absolute atomic E-state index is 11.6. The number of hydrogen-bond donors (Lipinski definition) is 2. The van der Waals surface area contributed by atoms with Crippen molar-refractivity contribution in [3.8, 4) is 11.5 Å². The maximum Gasteiger partial charge on any atom is 0.257 e. The molecule has 0 aliphatic carbocycles. The zero-order chi connectivity index (χ0) is 17.9. The summed E-state index contributed by atoms with van der Waals surface area (Å²) >= 11 is 12.1. The molecular weight excluding hydrogens is 355 g/mol. The molecule has 0 radical (unpaired) electrons. The molecule has 2 N–H and O–H groups in total. The van der Waals surface area contributed by atoms with Crippen molar-refractivity contribution in [1.82, 2.24) is 10.6 Å². The molecule has 8 heteroatoms. The molecule has 0 heterocycles. The van der Waals surface area contributed by atoms with Gasteiger partial charge in [0, 0.05) is 19.2 Å². The second-order valence-electron chi connectivity index (χ2n) is 4.99. The number of hydrogen-bond acceptors (Lipinski definition) is 4. The zero-order valence-corrected chi connectivity index (χ0v) is 15.3. The summed E-state index contributed by atoms with van der Waals surface area (Å²) in [7, 11) is 0. The number of carbonyl (C=O) groups excluding carboxylic acids is 2. The topological polar surface area (TPSA) is 76.7 Å². The van der Waals surface area contributed by atoms with Crippen LogP contribution in [-0.2, 0) is 9.59 Å².